The van der Waals surface area contributed by atoms with E-state index >= 15 is 0 Å². The smallest absolute Gasteiger partial charge is 0.0788 e. The van der Waals surface area contributed by atoms with Gasteiger partial charge in [0.05, 0.1) is 6.10 Å². The van der Waals surface area contributed by atoms with Gasteiger partial charge in [-0.1, -0.05) is 6.92 Å². The van der Waals surface area contributed by atoms with Crippen LogP contribution in [0.4, 0.5) is 0 Å². The molecule has 0 unspecified atom stereocenters. The van der Waals surface area contributed by atoms with Crippen molar-refractivity contribution in [1.82, 2.24) is 4.98 Å². The first-order chi connectivity index (χ1) is 4.84. The Morgan fingerprint density at radius 3 is 2.60 bits per heavy atom. The van der Waals surface area contributed by atoms with E-state index in [0.717, 1.165) is 12.0 Å². The second-order valence-electron chi connectivity index (χ2n) is 2.20. The van der Waals surface area contributed by atoms with Gasteiger partial charge in [0.15, 0.2) is 0 Å². The predicted octanol–water partition coefficient (Wildman–Crippen LogP) is 1.52. The second kappa shape index (κ2) is 3.32. The summed E-state index contributed by atoms with van der Waals surface area (Å²) in [4.78, 5) is 3.85. The van der Waals surface area contributed by atoms with Gasteiger partial charge in [0.1, 0.15) is 0 Å². The molecule has 0 aromatic carbocycles. The van der Waals surface area contributed by atoms with Crippen LogP contribution >= 0.6 is 0 Å². The third-order valence-electron chi connectivity index (χ3n) is 1.48. The number of pyridine rings is 1. The Bertz CT molecular complexity index is 186. The highest BCUT2D eigenvalue weighted by Crippen LogP contribution is 2.13. The summed E-state index contributed by atoms with van der Waals surface area (Å²) in [6.07, 6.45) is 3.80. The molecule has 0 fully saturated rings. The normalized spacial score (nSPS) is 13.0. The fourth-order valence-electron chi connectivity index (χ4n) is 0.821. The summed E-state index contributed by atoms with van der Waals surface area (Å²) in [6, 6.07) is 3.66. The van der Waals surface area contributed by atoms with Crippen molar-refractivity contribution in [3.63, 3.8) is 0 Å². The van der Waals surface area contributed by atoms with E-state index < -0.39 is 0 Å². The Labute approximate surface area is 60.5 Å². The van der Waals surface area contributed by atoms with Crippen molar-refractivity contribution in [1.29, 1.82) is 0 Å². The van der Waals surface area contributed by atoms with Gasteiger partial charge in [0.25, 0.3) is 0 Å². The molecule has 54 valence electrons. The van der Waals surface area contributed by atoms with Crippen LogP contribution in [0.5, 0.6) is 0 Å². The molecule has 1 aromatic heterocycles. The van der Waals surface area contributed by atoms with E-state index in [-0.39, 0.29) is 6.10 Å². The van der Waals surface area contributed by atoms with Crippen LogP contribution in [0.25, 0.3) is 0 Å². The van der Waals surface area contributed by atoms with Crippen molar-refractivity contribution in [2.45, 2.75) is 19.4 Å². The first kappa shape index (κ1) is 7.22. The molecular formula is C8H11NO. The maximum Gasteiger partial charge on any atom is 0.0788 e. The maximum atomic E-state index is 9.30. The summed E-state index contributed by atoms with van der Waals surface area (Å²) in [5.74, 6) is 0. The fourth-order valence-corrected chi connectivity index (χ4v) is 0.821. The van der Waals surface area contributed by atoms with Gasteiger partial charge in [-0.05, 0) is 24.1 Å². The number of aromatic nitrogens is 1. The summed E-state index contributed by atoms with van der Waals surface area (Å²) in [6.45, 7) is 1.95. The zero-order valence-electron chi connectivity index (χ0n) is 5.99. The molecule has 2 nitrogen and oxygen atoms in total. The number of hydrogen-bond donors (Lipinski definition) is 1. The van der Waals surface area contributed by atoms with E-state index in [2.05, 4.69) is 4.98 Å². The van der Waals surface area contributed by atoms with Crippen LogP contribution in [-0.2, 0) is 0 Å². The average Bonchev–Trinajstić information content (AvgIpc) is 2.05. The Morgan fingerprint density at radius 1 is 1.50 bits per heavy atom. The molecular weight excluding hydrogens is 126 g/mol. The van der Waals surface area contributed by atoms with Crippen molar-refractivity contribution >= 4 is 0 Å². The Kier molecular flexibility index (Phi) is 2.40. The lowest BCUT2D eigenvalue weighted by atomic mass is 10.1. The Hall–Kier alpha value is -0.890. The molecule has 0 aliphatic carbocycles. The lowest BCUT2D eigenvalue weighted by Gasteiger charge is -2.05. The molecule has 0 saturated carbocycles. The molecule has 0 saturated heterocycles. The van der Waals surface area contributed by atoms with Crippen LogP contribution < -0.4 is 0 Å². The molecule has 1 aromatic rings. The second-order valence-corrected chi connectivity index (χ2v) is 2.20. The number of nitrogens with zero attached hydrogens (tertiary/aromatic N) is 1. The van der Waals surface area contributed by atoms with Crippen molar-refractivity contribution < 1.29 is 5.11 Å². The van der Waals surface area contributed by atoms with Crippen molar-refractivity contribution in [3.05, 3.63) is 30.1 Å². The Balaban J connectivity index is 2.75. The molecule has 1 rings (SSSR count). The lowest BCUT2D eigenvalue weighted by Crippen LogP contribution is -1.93. The maximum absolute atomic E-state index is 9.30. The summed E-state index contributed by atoms with van der Waals surface area (Å²) in [5.41, 5.74) is 0.942. The van der Waals surface area contributed by atoms with Crippen molar-refractivity contribution in [2.24, 2.45) is 0 Å². The molecule has 10 heavy (non-hydrogen) atoms. The molecule has 0 aliphatic rings. The minimum absolute atomic E-state index is 0.331. The van der Waals surface area contributed by atoms with E-state index in [9.17, 15) is 5.11 Å². The highest BCUT2D eigenvalue weighted by molar-refractivity contribution is 5.12. The zero-order valence-corrected chi connectivity index (χ0v) is 5.99. The van der Waals surface area contributed by atoms with E-state index in [4.69, 9.17) is 0 Å². The topological polar surface area (TPSA) is 33.1 Å². The monoisotopic (exact) mass is 137 g/mol. The lowest BCUT2D eigenvalue weighted by molar-refractivity contribution is 0.173. The highest BCUT2D eigenvalue weighted by atomic mass is 16.3. The molecule has 1 N–H and O–H groups in total. The van der Waals surface area contributed by atoms with Gasteiger partial charge in [-0.3, -0.25) is 4.98 Å². The highest BCUT2D eigenvalue weighted by Gasteiger charge is 2.01. The molecule has 2 heteroatoms. The van der Waals surface area contributed by atoms with Gasteiger partial charge in [0.2, 0.25) is 0 Å². The quantitative estimate of drug-likeness (QED) is 0.670. The SMILES string of the molecule is CC[C@@H](O)c1ccncc1. The van der Waals surface area contributed by atoms with Crippen LogP contribution in [0.3, 0.4) is 0 Å². The van der Waals surface area contributed by atoms with E-state index in [1.165, 1.54) is 0 Å². The number of aliphatic hydroxyl groups is 1. The van der Waals surface area contributed by atoms with Gasteiger partial charge >= 0.3 is 0 Å². The van der Waals surface area contributed by atoms with E-state index in [1.807, 2.05) is 19.1 Å². The largest absolute Gasteiger partial charge is 0.388 e. The van der Waals surface area contributed by atoms with Gasteiger partial charge in [-0.15, -0.1) is 0 Å². The van der Waals surface area contributed by atoms with Crippen LogP contribution in [0.15, 0.2) is 24.5 Å². The van der Waals surface area contributed by atoms with Crippen LogP contribution in [0.1, 0.15) is 25.0 Å². The molecule has 0 spiro atoms. The number of aliphatic hydroxyl groups excluding tert-OH is 1. The van der Waals surface area contributed by atoms with Gasteiger partial charge in [-0.25, -0.2) is 0 Å². The standard InChI is InChI=1S/C8H11NO/c1-2-8(10)7-3-5-9-6-4-7/h3-6,8,10H,2H2,1H3/t8-/m1/s1. The first-order valence-corrected chi connectivity index (χ1v) is 3.42. The molecule has 0 aliphatic heterocycles. The predicted molar refractivity (Wildman–Crippen MR) is 39.5 cm³/mol. The van der Waals surface area contributed by atoms with Crippen LogP contribution in [-0.4, -0.2) is 10.1 Å². The molecule has 0 amide bonds. The number of rotatable bonds is 2. The van der Waals surface area contributed by atoms with Crippen LogP contribution in [0, 0.1) is 0 Å². The third-order valence-corrected chi connectivity index (χ3v) is 1.48. The molecule has 1 atom stereocenters. The zero-order chi connectivity index (χ0) is 7.40. The first-order valence-electron chi connectivity index (χ1n) is 3.42. The van der Waals surface area contributed by atoms with E-state index in [0.29, 0.717) is 0 Å². The summed E-state index contributed by atoms with van der Waals surface area (Å²) in [5, 5.41) is 9.30. The van der Waals surface area contributed by atoms with Gasteiger partial charge in [0, 0.05) is 12.4 Å². The minimum atomic E-state index is -0.331. The van der Waals surface area contributed by atoms with Crippen molar-refractivity contribution in [2.75, 3.05) is 0 Å². The number of hydrogen-bond acceptors (Lipinski definition) is 2. The molecule has 0 radical (unpaired) electrons. The third kappa shape index (κ3) is 1.54. The van der Waals surface area contributed by atoms with Crippen LogP contribution in [0.2, 0.25) is 0 Å². The summed E-state index contributed by atoms with van der Waals surface area (Å²) in [7, 11) is 0. The Morgan fingerprint density at radius 2 is 2.10 bits per heavy atom. The van der Waals surface area contributed by atoms with Crippen molar-refractivity contribution in [3.8, 4) is 0 Å². The minimum Gasteiger partial charge on any atom is -0.388 e. The summed E-state index contributed by atoms with van der Waals surface area (Å²) < 4.78 is 0. The van der Waals surface area contributed by atoms with Gasteiger partial charge in [-0.2, -0.15) is 0 Å². The molecule has 0 bridgehead atoms. The molecule has 1 heterocycles. The summed E-state index contributed by atoms with van der Waals surface area (Å²) >= 11 is 0. The van der Waals surface area contributed by atoms with Gasteiger partial charge < -0.3 is 5.11 Å². The average molecular weight is 137 g/mol. The fraction of sp³-hybridized carbons (Fsp3) is 0.375. The van der Waals surface area contributed by atoms with E-state index in [1.54, 1.807) is 12.4 Å².